The lowest BCUT2D eigenvalue weighted by Gasteiger charge is -2.42. The van der Waals surface area contributed by atoms with Crippen LogP contribution < -0.4 is 0 Å². The highest BCUT2D eigenvalue weighted by Gasteiger charge is 2.33. The molecule has 0 spiro atoms. The predicted molar refractivity (Wildman–Crippen MR) is 76.1 cm³/mol. The molecule has 0 N–H and O–H groups in total. The highest BCUT2D eigenvalue weighted by molar-refractivity contribution is 7.89. The number of nitrogens with zero attached hydrogens (tertiary/aromatic N) is 2. The Hall–Kier alpha value is -0.950. The molecule has 20 heavy (non-hydrogen) atoms. The smallest absolute Gasteiger partial charge is 0.243 e. The quantitative estimate of drug-likeness (QED) is 0.824. The Labute approximate surface area is 120 Å². The van der Waals surface area contributed by atoms with Gasteiger partial charge >= 0.3 is 0 Å². The monoisotopic (exact) mass is 296 g/mol. The van der Waals surface area contributed by atoms with Gasteiger partial charge in [0.25, 0.3) is 0 Å². The first kappa shape index (κ1) is 14.0. The zero-order valence-electron chi connectivity index (χ0n) is 11.7. The van der Waals surface area contributed by atoms with E-state index in [2.05, 4.69) is 4.90 Å². The van der Waals surface area contributed by atoms with Crippen LogP contribution in [0, 0.1) is 6.92 Å². The van der Waals surface area contributed by atoms with E-state index in [1.165, 1.54) is 0 Å². The summed E-state index contributed by atoms with van der Waals surface area (Å²) in [5.74, 6) is 0. The van der Waals surface area contributed by atoms with Gasteiger partial charge in [0.05, 0.1) is 24.2 Å². The van der Waals surface area contributed by atoms with Gasteiger partial charge in [-0.15, -0.1) is 0 Å². The van der Waals surface area contributed by atoms with Crippen LogP contribution in [0.25, 0.3) is 0 Å². The molecule has 1 aromatic rings. The van der Waals surface area contributed by atoms with Gasteiger partial charge in [-0.1, -0.05) is 17.7 Å². The molecule has 2 aliphatic heterocycles. The molecule has 2 saturated heterocycles. The summed E-state index contributed by atoms with van der Waals surface area (Å²) < 4.78 is 31.9. The first-order valence-corrected chi connectivity index (χ1v) is 8.40. The molecule has 2 fully saturated rings. The minimum Gasteiger partial charge on any atom is -0.378 e. The fourth-order valence-electron chi connectivity index (χ4n) is 2.60. The van der Waals surface area contributed by atoms with E-state index in [-0.39, 0.29) is 0 Å². The van der Waals surface area contributed by atoms with Crippen LogP contribution >= 0.6 is 0 Å². The summed E-state index contributed by atoms with van der Waals surface area (Å²) in [7, 11) is -3.34. The summed E-state index contributed by atoms with van der Waals surface area (Å²) >= 11 is 0. The van der Waals surface area contributed by atoms with Crippen molar-refractivity contribution in [1.29, 1.82) is 0 Å². The maximum Gasteiger partial charge on any atom is 0.243 e. The highest BCUT2D eigenvalue weighted by atomic mass is 32.2. The molecule has 0 saturated carbocycles. The molecule has 0 atom stereocenters. The van der Waals surface area contributed by atoms with Crippen LogP contribution in [-0.2, 0) is 14.8 Å². The third kappa shape index (κ3) is 2.61. The zero-order chi connectivity index (χ0) is 14.2. The van der Waals surface area contributed by atoms with Crippen molar-refractivity contribution in [1.82, 2.24) is 9.21 Å². The van der Waals surface area contributed by atoms with E-state index in [1.807, 2.05) is 19.1 Å². The Morgan fingerprint density at radius 3 is 2.15 bits per heavy atom. The van der Waals surface area contributed by atoms with Crippen molar-refractivity contribution >= 4 is 10.0 Å². The van der Waals surface area contributed by atoms with Gasteiger partial charge in [-0.3, -0.25) is 4.90 Å². The molecule has 1 aromatic carbocycles. The van der Waals surface area contributed by atoms with E-state index < -0.39 is 10.0 Å². The number of hydrogen-bond acceptors (Lipinski definition) is 4. The Bertz CT molecular complexity index is 559. The van der Waals surface area contributed by atoms with Crippen molar-refractivity contribution in [2.24, 2.45) is 0 Å². The van der Waals surface area contributed by atoms with Gasteiger partial charge in [0.15, 0.2) is 0 Å². The zero-order valence-corrected chi connectivity index (χ0v) is 12.5. The first-order valence-electron chi connectivity index (χ1n) is 6.96. The summed E-state index contributed by atoms with van der Waals surface area (Å²) in [5, 5.41) is 0. The number of aryl methyl sites for hydroxylation is 1. The summed E-state index contributed by atoms with van der Waals surface area (Å²) in [5.41, 5.74) is 1.07. The summed E-state index contributed by atoms with van der Waals surface area (Å²) in [6.45, 7) is 6.23. The highest BCUT2D eigenvalue weighted by Crippen LogP contribution is 2.20. The standard InChI is InChI=1S/C14H20N2O3S/c1-12-2-4-14(5-3-12)20(17,18)16-8-6-15(7-9-16)13-10-19-11-13/h2-5,13H,6-11H2,1H3. The second-order valence-corrected chi connectivity index (χ2v) is 7.38. The second kappa shape index (κ2) is 5.44. The van der Waals surface area contributed by atoms with E-state index in [0.29, 0.717) is 24.0 Å². The summed E-state index contributed by atoms with van der Waals surface area (Å²) in [4.78, 5) is 2.72. The molecule has 110 valence electrons. The maximum absolute atomic E-state index is 12.5. The van der Waals surface area contributed by atoms with E-state index >= 15 is 0 Å². The number of benzene rings is 1. The third-order valence-corrected chi connectivity index (χ3v) is 5.98. The number of ether oxygens (including phenoxy) is 1. The van der Waals surface area contributed by atoms with Crippen LogP contribution in [0.3, 0.4) is 0 Å². The van der Waals surface area contributed by atoms with E-state index in [0.717, 1.165) is 31.9 Å². The molecular weight excluding hydrogens is 276 g/mol. The molecule has 2 heterocycles. The summed E-state index contributed by atoms with van der Waals surface area (Å²) in [6, 6.07) is 7.55. The van der Waals surface area contributed by atoms with Gasteiger partial charge in [-0.25, -0.2) is 8.42 Å². The molecule has 3 rings (SSSR count). The molecule has 5 nitrogen and oxygen atoms in total. The van der Waals surface area contributed by atoms with Crippen molar-refractivity contribution < 1.29 is 13.2 Å². The van der Waals surface area contributed by atoms with E-state index in [1.54, 1.807) is 16.4 Å². The van der Waals surface area contributed by atoms with Crippen LogP contribution in [0.1, 0.15) is 5.56 Å². The van der Waals surface area contributed by atoms with Gasteiger partial charge in [0.2, 0.25) is 10.0 Å². The maximum atomic E-state index is 12.5. The molecular formula is C14H20N2O3S. The molecule has 0 radical (unpaired) electrons. The van der Waals surface area contributed by atoms with Crippen molar-refractivity contribution in [2.75, 3.05) is 39.4 Å². The lowest BCUT2D eigenvalue weighted by molar-refractivity contribution is -0.0721. The van der Waals surface area contributed by atoms with Gasteiger partial charge in [0.1, 0.15) is 0 Å². The Morgan fingerprint density at radius 2 is 1.65 bits per heavy atom. The molecule has 2 aliphatic rings. The molecule has 0 amide bonds. The fourth-order valence-corrected chi connectivity index (χ4v) is 4.02. The van der Waals surface area contributed by atoms with E-state index in [9.17, 15) is 8.42 Å². The third-order valence-electron chi connectivity index (χ3n) is 4.07. The SMILES string of the molecule is Cc1ccc(S(=O)(=O)N2CCN(C3COC3)CC2)cc1. The normalized spacial score (nSPS) is 22.6. The lowest BCUT2D eigenvalue weighted by Crippen LogP contribution is -2.57. The van der Waals surface area contributed by atoms with Gasteiger partial charge in [-0.05, 0) is 19.1 Å². The van der Waals surface area contributed by atoms with Gasteiger partial charge in [-0.2, -0.15) is 4.31 Å². The van der Waals surface area contributed by atoms with Crippen LogP contribution in [0.2, 0.25) is 0 Å². The van der Waals surface area contributed by atoms with Crippen molar-refractivity contribution in [3.05, 3.63) is 29.8 Å². The minimum absolute atomic E-state index is 0.392. The van der Waals surface area contributed by atoms with Crippen LogP contribution in [-0.4, -0.2) is 63.1 Å². The lowest BCUT2D eigenvalue weighted by atomic mass is 10.2. The minimum atomic E-state index is -3.34. The number of sulfonamides is 1. The molecule has 0 aromatic heterocycles. The number of hydrogen-bond donors (Lipinski definition) is 0. The van der Waals surface area contributed by atoms with Gasteiger partial charge in [0, 0.05) is 26.2 Å². The van der Waals surface area contributed by atoms with Crippen molar-refractivity contribution in [3.63, 3.8) is 0 Å². The topological polar surface area (TPSA) is 49.9 Å². The Morgan fingerprint density at radius 1 is 1.05 bits per heavy atom. The van der Waals surface area contributed by atoms with Crippen LogP contribution in [0.5, 0.6) is 0 Å². The molecule has 6 heteroatoms. The molecule has 0 aliphatic carbocycles. The Balaban J connectivity index is 1.68. The van der Waals surface area contributed by atoms with Gasteiger partial charge < -0.3 is 4.74 Å². The van der Waals surface area contributed by atoms with Crippen LogP contribution in [0.15, 0.2) is 29.2 Å². The van der Waals surface area contributed by atoms with Crippen molar-refractivity contribution in [3.8, 4) is 0 Å². The Kier molecular flexibility index (Phi) is 3.81. The van der Waals surface area contributed by atoms with E-state index in [4.69, 9.17) is 4.74 Å². The average Bonchev–Trinajstić information content (AvgIpc) is 2.38. The van der Waals surface area contributed by atoms with Crippen LogP contribution in [0.4, 0.5) is 0 Å². The average molecular weight is 296 g/mol. The summed E-state index contributed by atoms with van der Waals surface area (Å²) in [6.07, 6.45) is 0. The second-order valence-electron chi connectivity index (χ2n) is 5.44. The molecule has 0 bridgehead atoms. The number of piperazine rings is 1. The largest absolute Gasteiger partial charge is 0.378 e. The predicted octanol–water partition coefficient (Wildman–Crippen LogP) is 0.700. The molecule has 0 unspecified atom stereocenters. The number of rotatable bonds is 3. The fraction of sp³-hybridized carbons (Fsp3) is 0.571. The first-order chi connectivity index (χ1) is 9.57. The van der Waals surface area contributed by atoms with Crippen molar-refractivity contribution in [2.45, 2.75) is 17.9 Å².